The van der Waals surface area contributed by atoms with Crippen LogP contribution in [0.15, 0.2) is 0 Å². The van der Waals surface area contributed by atoms with Crippen LogP contribution in [0.3, 0.4) is 0 Å². The molecule has 2 atom stereocenters. The predicted octanol–water partition coefficient (Wildman–Crippen LogP) is 7.65. The van der Waals surface area contributed by atoms with Gasteiger partial charge in [-0.25, -0.2) is 4.57 Å². The Morgan fingerprint density at radius 1 is 0.757 bits per heavy atom. The molecule has 1 aliphatic heterocycles. The van der Waals surface area contributed by atoms with Crippen molar-refractivity contribution in [3.8, 4) is 0 Å². The molecule has 0 saturated carbocycles. The van der Waals surface area contributed by atoms with Crippen molar-refractivity contribution in [1.82, 2.24) is 0 Å². The molecule has 37 heavy (non-hydrogen) atoms. The summed E-state index contributed by atoms with van der Waals surface area (Å²) in [5, 5.41) is 0. The van der Waals surface area contributed by atoms with Gasteiger partial charge in [-0.3, -0.25) is 9.05 Å². The molecular formula is C29H61NO6P+. The summed E-state index contributed by atoms with van der Waals surface area (Å²) >= 11 is 0. The molecule has 7 nitrogen and oxygen atoms in total. The van der Waals surface area contributed by atoms with Gasteiger partial charge in [0.05, 0.1) is 34.4 Å². The van der Waals surface area contributed by atoms with Crippen LogP contribution in [-0.2, 0) is 23.1 Å². The fraction of sp³-hybridized carbons (Fsp3) is 1.00. The third kappa shape index (κ3) is 20.5. The van der Waals surface area contributed by atoms with Gasteiger partial charge in [-0.05, 0) is 19.3 Å². The van der Waals surface area contributed by atoms with Crippen LogP contribution in [0, 0.1) is 0 Å². The monoisotopic (exact) mass is 552 g/mol. The first-order valence-corrected chi connectivity index (χ1v) is 16.8. The maximum absolute atomic E-state index is 12.2. The molecule has 2 unspecified atom stereocenters. The van der Waals surface area contributed by atoms with Gasteiger partial charge in [0.25, 0.3) is 0 Å². The van der Waals surface area contributed by atoms with E-state index >= 15 is 0 Å². The molecule has 0 aromatic rings. The summed E-state index contributed by atoms with van der Waals surface area (Å²) in [6.07, 6.45) is 23.3. The molecule has 0 amide bonds. The molecular weight excluding hydrogens is 491 g/mol. The average Bonchev–Trinajstić information content (AvgIpc) is 3.30. The van der Waals surface area contributed by atoms with Crippen LogP contribution >= 0.6 is 7.82 Å². The van der Waals surface area contributed by atoms with E-state index in [0.29, 0.717) is 30.8 Å². The Bertz CT molecular complexity index is 577. The van der Waals surface area contributed by atoms with Gasteiger partial charge in [0.2, 0.25) is 0 Å². The van der Waals surface area contributed by atoms with E-state index in [1.165, 1.54) is 96.3 Å². The number of nitrogens with zero attached hydrogens (tertiary/aromatic N) is 1. The average molecular weight is 553 g/mol. The van der Waals surface area contributed by atoms with Gasteiger partial charge in [-0.15, -0.1) is 0 Å². The molecule has 0 radical (unpaired) electrons. The van der Waals surface area contributed by atoms with Gasteiger partial charge in [-0.2, -0.15) is 0 Å². The number of hydrogen-bond acceptors (Lipinski definition) is 5. The second-order valence-corrected chi connectivity index (χ2v) is 13.5. The van der Waals surface area contributed by atoms with Gasteiger partial charge in [0.15, 0.2) is 0 Å². The topological polar surface area (TPSA) is 74.2 Å². The summed E-state index contributed by atoms with van der Waals surface area (Å²) < 4.78 is 35.1. The zero-order valence-electron chi connectivity index (χ0n) is 24.9. The quantitative estimate of drug-likeness (QED) is 0.0675. The van der Waals surface area contributed by atoms with E-state index in [1.807, 2.05) is 21.1 Å². The van der Waals surface area contributed by atoms with Crippen LogP contribution < -0.4 is 0 Å². The highest BCUT2D eigenvalue weighted by Gasteiger charge is 2.39. The Hall–Kier alpha value is -0.0100. The molecule has 0 spiro atoms. The summed E-state index contributed by atoms with van der Waals surface area (Å²) in [6.45, 7) is 4.81. The van der Waals surface area contributed by atoms with Crippen molar-refractivity contribution in [3.05, 3.63) is 0 Å². The standard InChI is InChI=1S/C29H60NO6P/c1-5-6-7-8-9-10-11-12-13-14-15-16-17-18-19-20-24-33-27-29(22-21-25-34-29)28-36-37(31,32)35-26-23-30(2,3)4/h5-28H2,1-4H3/p+1/i29+2. The predicted molar refractivity (Wildman–Crippen MR) is 153 cm³/mol. The number of ether oxygens (including phenoxy) is 2. The molecule has 1 heterocycles. The SMILES string of the molecule is CCCCCCCCCCCCCCCCCCOC[14C]1(COP(=O)(O)OCC[N+](C)(C)C)CCCO1. The van der Waals surface area contributed by atoms with Gasteiger partial charge in [-0.1, -0.05) is 103 Å². The lowest BCUT2D eigenvalue weighted by molar-refractivity contribution is -0.870. The van der Waals surface area contributed by atoms with Crippen molar-refractivity contribution >= 4 is 7.82 Å². The molecule has 1 N–H and O–H groups in total. The molecule has 1 rings (SSSR count). The van der Waals surface area contributed by atoms with Crippen LogP contribution in [-0.4, -0.2) is 75.7 Å². The maximum Gasteiger partial charge on any atom is 0.472 e. The van der Waals surface area contributed by atoms with Crippen molar-refractivity contribution in [1.29, 1.82) is 0 Å². The minimum Gasteiger partial charge on any atom is -0.378 e. The Kier molecular flexibility index (Phi) is 19.7. The van der Waals surface area contributed by atoms with Crippen LogP contribution in [0.5, 0.6) is 0 Å². The van der Waals surface area contributed by atoms with Crippen molar-refractivity contribution in [3.63, 3.8) is 0 Å². The van der Waals surface area contributed by atoms with Gasteiger partial charge < -0.3 is 18.9 Å². The molecule has 0 aliphatic carbocycles. The van der Waals surface area contributed by atoms with Crippen molar-refractivity contribution in [2.75, 3.05) is 60.7 Å². The lowest BCUT2D eigenvalue weighted by Crippen LogP contribution is -2.39. The Morgan fingerprint density at radius 2 is 1.27 bits per heavy atom. The Labute approximate surface area is 229 Å². The lowest BCUT2D eigenvalue weighted by atomic mass is 10.0. The van der Waals surface area contributed by atoms with E-state index in [9.17, 15) is 9.46 Å². The number of unbranched alkanes of at least 4 members (excludes halogenated alkanes) is 15. The summed E-state index contributed by atoms with van der Waals surface area (Å²) in [4.78, 5) is 10.0. The summed E-state index contributed by atoms with van der Waals surface area (Å²) in [6, 6.07) is 0. The molecule has 1 fully saturated rings. The number of hydrogen-bond donors (Lipinski definition) is 1. The molecule has 0 bridgehead atoms. The number of likely N-dealkylation sites (N-methyl/N-ethyl adjacent to an activating group) is 1. The number of quaternary nitrogens is 1. The first kappa shape index (κ1) is 35.0. The highest BCUT2D eigenvalue weighted by atomic mass is 31.2. The van der Waals surface area contributed by atoms with E-state index in [2.05, 4.69) is 6.92 Å². The summed E-state index contributed by atoms with van der Waals surface area (Å²) in [5.74, 6) is 0. The first-order chi connectivity index (χ1) is 17.7. The fourth-order valence-corrected chi connectivity index (χ4v) is 5.49. The third-order valence-electron chi connectivity index (χ3n) is 7.20. The second-order valence-electron chi connectivity index (χ2n) is 12.1. The second kappa shape index (κ2) is 20.8. The first-order valence-electron chi connectivity index (χ1n) is 15.3. The number of rotatable bonds is 26. The van der Waals surface area contributed by atoms with Gasteiger partial charge >= 0.3 is 7.82 Å². The van der Waals surface area contributed by atoms with E-state index in [1.54, 1.807) is 0 Å². The van der Waals surface area contributed by atoms with E-state index in [4.69, 9.17) is 18.5 Å². The molecule has 0 aromatic carbocycles. The molecule has 0 aromatic heterocycles. The van der Waals surface area contributed by atoms with Crippen LogP contribution in [0.1, 0.15) is 122 Å². The lowest BCUT2D eigenvalue weighted by Gasteiger charge is -2.29. The maximum atomic E-state index is 12.2. The summed E-state index contributed by atoms with van der Waals surface area (Å²) in [5.41, 5.74) is -0.642. The largest absolute Gasteiger partial charge is 0.472 e. The molecule has 8 heteroatoms. The van der Waals surface area contributed by atoms with Crippen molar-refractivity contribution < 1.29 is 32.5 Å². The smallest absolute Gasteiger partial charge is 0.378 e. The minimum atomic E-state index is -4.10. The van der Waals surface area contributed by atoms with Crippen LogP contribution in [0.25, 0.3) is 0 Å². The van der Waals surface area contributed by atoms with Gasteiger partial charge in [0.1, 0.15) is 18.8 Å². The Balaban J connectivity index is 1.99. The molecule has 1 aliphatic rings. The zero-order valence-corrected chi connectivity index (χ0v) is 25.7. The minimum absolute atomic E-state index is 0.0180. The zero-order chi connectivity index (χ0) is 27.3. The number of phosphoric ester groups is 1. The number of phosphoric acid groups is 1. The molecule has 1 saturated heterocycles. The van der Waals surface area contributed by atoms with E-state index < -0.39 is 13.4 Å². The molecule has 222 valence electrons. The summed E-state index contributed by atoms with van der Waals surface area (Å²) in [7, 11) is 1.92. The Morgan fingerprint density at radius 3 is 1.73 bits per heavy atom. The van der Waals surface area contributed by atoms with Crippen molar-refractivity contribution in [2.45, 2.75) is 128 Å². The van der Waals surface area contributed by atoms with E-state index in [-0.39, 0.29) is 13.2 Å². The third-order valence-corrected chi connectivity index (χ3v) is 8.16. The fourth-order valence-electron chi connectivity index (χ4n) is 4.70. The van der Waals surface area contributed by atoms with Crippen LogP contribution in [0.4, 0.5) is 0 Å². The normalized spacial score (nSPS) is 19.9. The highest BCUT2D eigenvalue weighted by molar-refractivity contribution is 7.47. The van der Waals surface area contributed by atoms with Crippen LogP contribution in [0.2, 0.25) is 0 Å². The van der Waals surface area contributed by atoms with E-state index in [0.717, 1.165) is 19.3 Å². The highest BCUT2D eigenvalue weighted by Crippen LogP contribution is 2.45. The van der Waals surface area contributed by atoms with Crippen molar-refractivity contribution in [2.24, 2.45) is 0 Å². The van der Waals surface area contributed by atoms with Gasteiger partial charge in [0, 0.05) is 13.2 Å².